The molecule has 1 aliphatic rings. The van der Waals surface area contributed by atoms with Crippen molar-refractivity contribution in [2.75, 3.05) is 25.1 Å². The quantitative estimate of drug-likeness (QED) is 0.574. The highest BCUT2D eigenvalue weighted by Gasteiger charge is 2.19. The molecule has 3 rings (SSSR count). The van der Waals surface area contributed by atoms with Gasteiger partial charge < -0.3 is 24.8 Å². The highest BCUT2D eigenvalue weighted by molar-refractivity contribution is 6.32. The lowest BCUT2D eigenvalue weighted by molar-refractivity contribution is 0.0734. The summed E-state index contributed by atoms with van der Waals surface area (Å²) in [5, 5.41) is 5.68. The molecule has 8 heteroatoms. The van der Waals surface area contributed by atoms with Crippen molar-refractivity contribution in [3.05, 3.63) is 47.0 Å². The molecular formula is C20H21ClN2O5. The van der Waals surface area contributed by atoms with Crippen LogP contribution in [0, 0.1) is 0 Å². The third kappa shape index (κ3) is 5.07. The zero-order valence-corrected chi connectivity index (χ0v) is 16.2. The third-order valence-electron chi connectivity index (χ3n) is 3.88. The van der Waals surface area contributed by atoms with Crippen molar-refractivity contribution in [2.24, 2.45) is 0 Å². The summed E-state index contributed by atoms with van der Waals surface area (Å²) >= 11 is 6.22. The number of rotatable bonds is 5. The van der Waals surface area contributed by atoms with E-state index in [0.717, 1.165) is 12.8 Å². The maximum Gasteiger partial charge on any atom is 0.343 e. The summed E-state index contributed by atoms with van der Waals surface area (Å²) in [6, 6.07) is 9.28. The second-order valence-electron chi connectivity index (χ2n) is 6.13. The average Bonchev–Trinajstić information content (AvgIpc) is 2.92. The van der Waals surface area contributed by atoms with Gasteiger partial charge in [-0.1, -0.05) is 24.6 Å². The van der Waals surface area contributed by atoms with Crippen molar-refractivity contribution in [1.29, 1.82) is 0 Å². The van der Waals surface area contributed by atoms with E-state index in [0.29, 0.717) is 42.7 Å². The highest BCUT2D eigenvalue weighted by atomic mass is 35.5. The maximum atomic E-state index is 12.5. The fraction of sp³-hybridized carbons (Fsp3) is 0.300. The maximum absolute atomic E-state index is 12.5. The number of nitrogens with one attached hydrogen (secondary N) is 2. The van der Waals surface area contributed by atoms with Crippen LogP contribution in [0.3, 0.4) is 0 Å². The first-order valence-corrected chi connectivity index (χ1v) is 9.41. The van der Waals surface area contributed by atoms with Crippen LogP contribution < -0.4 is 24.8 Å². The molecule has 0 spiro atoms. The van der Waals surface area contributed by atoms with Gasteiger partial charge in [0, 0.05) is 24.7 Å². The standard InChI is InChI=1S/C20H21ClN2O5/c1-2-7-22-20(25)23-14-5-3-6-15(12-14)28-19(24)13-10-16(21)18-17(11-13)26-8-4-9-27-18/h3,5-6,10-12H,2,4,7-9H2,1H3,(H2,22,23,25). The third-order valence-corrected chi connectivity index (χ3v) is 4.16. The molecule has 0 saturated carbocycles. The summed E-state index contributed by atoms with van der Waals surface area (Å²) < 4.78 is 16.6. The van der Waals surface area contributed by atoms with E-state index < -0.39 is 5.97 Å². The molecule has 7 nitrogen and oxygen atoms in total. The summed E-state index contributed by atoms with van der Waals surface area (Å²) in [5.41, 5.74) is 0.754. The van der Waals surface area contributed by atoms with Crippen molar-refractivity contribution in [3.8, 4) is 17.2 Å². The molecule has 0 bridgehead atoms. The topological polar surface area (TPSA) is 85.9 Å². The Morgan fingerprint density at radius 3 is 2.82 bits per heavy atom. The molecule has 0 unspecified atom stereocenters. The normalized spacial score (nSPS) is 12.6. The van der Waals surface area contributed by atoms with Crippen LogP contribution in [0.5, 0.6) is 17.2 Å². The van der Waals surface area contributed by atoms with Crippen LogP contribution in [0.1, 0.15) is 30.1 Å². The number of hydrogen-bond donors (Lipinski definition) is 2. The number of amides is 2. The Bertz CT molecular complexity index is 872. The molecule has 0 radical (unpaired) electrons. The second kappa shape index (κ2) is 9.32. The Labute approximate surface area is 167 Å². The van der Waals surface area contributed by atoms with Crippen LogP contribution in [0.15, 0.2) is 36.4 Å². The molecular weight excluding hydrogens is 384 g/mol. The summed E-state index contributed by atoms with van der Waals surface area (Å²) in [4.78, 5) is 24.3. The number of fused-ring (bicyclic) bond motifs is 1. The Kier molecular flexibility index (Phi) is 6.60. The van der Waals surface area contributed by atoms with Gasteiger partial charge in [-0.05, 0) is 30.7 Å². The highest BCUT2D eigenvalue weighted by Crippen LogP contribution is 2.38. The van der Waals surface area contributed by atoms with Crippen LogP contribution in [0.2, 0.25) is 5.02 Å². The molecule has 148 valence electrons. The van der Waals surface area contributed by atoms with E-state index in [-0.39, 0.29) is 16.6 Å². The Balaban J connectivity index is 1.71. The molecule has 28 heavy (non-hydrogen) atoms. The molecule has 0 aromatic heterocycles. The summed E-state index contributed by atoms with van der Waals surface area (Å²) in [6.45, 7) is 3.52. The molecule has 0 saturated heterocycles. The zero-order valence-electron chi connectivity index (χ0n) is 15.4. The Morgan fingerprint density at radius 2 is 2.00 bits per heavy atom. The van der Waals surface area contributed by atoms with Crippen LogP contribution in [-0.4, -0.2) is 31.8 Å². The van der Waals surface area contributed by atoms with Crippen LogP contribution >= 0.6 is 11.6 Å². The van der Waals surface area contributed by atoms with Crippen LogP contribution in [-0.2, 0) is 0 Å². The molecule has 1 aliphatic heterocycles. The van der Waals surface area contributed by atoms with Crippen LogP contribution in [0.25, 0.3) is 0 Å². The lowest BCUT2D eigenvalue weighted by Gasteiger charge is -2.12. The van der Waals surface area contributed by atoms with E-state index in [1.807, 2.05) is 6.92 Å². The van der Waals surface area contributed by atoms with Crippen LogP contribution in [0.4, 0.5) is 10.5 Å². The van der Waals surface area contributed by atoms with Crippen molar-refractivity contribution < 1.29 is 23.8 Å². The number of carbonyl (C=O) groups excluding carboxylic acids is 2. The predicted molar refractivity (Wildman–Crippen MR) is 106 cm³/mol. The van der Waals surface area contributed by atoms with E-state index in [1.54, 1.807) is 30.3 Å². The average molecular weight is 405 g/mol. The van der Waals surface area contributed by atoms with Gasteiger partial charge in [0.15, 0.2) is 11.5 Å². The van der Waals surface area contributed by atoms with Crippen molar-refractivity contribution in [1.82, 2.24) is 5.32 Å². The van der Waals surface area contributed by atoms with Crippen molar-refractivity contribution >= 4 is 29.3 Å². The molecule has 1 heterocycles. The van der Waals surface area contributed by atoms with Gasteiger partial charge in [-0.2, -0.15) is 0 Å². The number of benzene rings is 2. The van der Waals surface area contributed by atoms with Gasteiger partial charge in [0.1, 0.15) is 5.75 Å². The number of ether oxygens (including phenoxy) is 3. The molecule has 0 aliphatic carbocycles. The Hall–Kier alpha value is -2.93. The van der Waals surface area contributed by atoms with Gasteiger partial charge in [0.2, 0.25) is 0 Å². The SMILES string of the molecule is CCCNC(=O)Nc1cccc(OC(=O)c2cc(Cl)c3c(c2)OCCCO3)c1. The predicted octanol–water partition coefficient (Wildman–Crippen LogP) is 4.25. The molecule has 2 aromatic rings. The molecule has 0 atom stereocenters. The summed E-state index contributed by atoms with van der Waals surface area (Å²) in [7, 11) is 0. The number of hydrogen-bond acceptors (Lipinski definition) is 5. The number of urea groups is 1. The van der Waals surface area contributed by atoms with E-state index in [1.165, 1.54) is 6.07 Å². The number of anilines is 1. The summed E-state index contributed by atoms with van der Waals surface area (Å²) in [5.74, 6) is 0.548. The van der Waals surface area contributed by atoms with Gasteiger partial charge in [-0.25, -0.2) is 9.59 Å². The fourth-order valence-corrected chi connectivity index (χ4v) is 2.83. The zero-order chi connectivity index (χ0) is 19.9. The van der Waals surface area contributed by atoms with Gasteiger partial charge in [-0.15, -0.1) is 0 Å². The molecule has 2 aromatic carbocycles. The molecule has 0 fully saturated rings. The minimum atomic E-state index is -0.592. The second-order valence-corrected chi connectivity index (χ2v) is 6.54. The largest absolute Gasteiger partial charge is 0.489 e. The van der Waals surface area contributed by atoms with Gasteiger partial charge >= 0.3 is 12.0 Å². The van der Waals surface area contributed by atoms with Crippen molar-refractivity contribution in [2.45, 2.75) is 19.8 Å². The minimum Gasteiger partial charge on any atom is -0.489 e. The number of halogens is 1. The number of carbonyl (C=O) groups is 2. The van der Waals surface area contributed by atoms with E-state index in [9.17, 15) is 9.59 Å². The lowest BCUT2D eigenvalue weighted by atomic mass is 10.2. The number of esters is 1. The minimum absolute atomic E-state index is 0.244. The van der Waals surface area contributed by atoms with E-state index >= 15 is 0 Å². The van der Waals surface area contributed by atoms with E-state index in [2.05, 4.69) is 10.6 Å². The van der Waals surface area contributed by atoms with Gasteiger partial charge in [0.25, 0.3) is 0 Å². The fourth-order valence-electron chi connectivity index (χ4n) is 2.57. The van der Waals surface area contributed by atoms with Gasteiger partial charge in [0.05, 0.1) is 23.8 Å². The monoisotopic (exact) mass is 404 g/mol. The van der Waals surface area contributed by atoms with E-state index in [4.69, 9.17) is 25.8 Å². The Morgan fingerprint density at radius 1 is 1.18 bits per heavy atom. The first-order valence-electron chi connectivity index (χ1n) is 9.03. The summed E-state index contributed by atoms with van der Waals surface area (Å²) in [6.07, 6.45) is 1.57. The smallest absolute Gasteiger partial charge is 0.343 e. The van der Waals surface area contributed by atoms with Gasteiger partial charge in [-0.3, -0.25) is 0 Å². The first-order chi connectivity index (χ1) is 13.6. The molecule has 2 N–H and O–H groups in total. The first kappa shape index (κ1) is 19.8. The lowest BCUT2D eigenvalue weighted by Crippen LogP contribution is -2.29. The van der Waals surface area contributed by atoms with Crippen molar-refractivity contribution in [3.63, 3.8) is 0 Å². The molecule has 2 amide bonds.